The molecule has 19 heterocycles. The molecule has 230 valence electrons. The van der Waals surface area contributed by atoms with Crippen LogP contribution in [0.25, 0.3) is 22.5 Å². The van der Waals surface area contributed by atoms with Gasteiger partial charge in [-0.2, -0.15) is 0 Å². The minimum absolute atomic E-state index is 0.276. The summed E-state index contributed by atoms with van der Waals surface area (Å²) in [7, 11) is 0. The van der Waals surface area contributed by atoms with Crippen LogP contribution in [0.15, 0.2) is 188 Å². The molecule has 0 spiro atoms. The third-order valence-electron chi connectivity index (χ3n) is 10.5. The van der Waals surface area contributed by atoms with Crippen molar-refractivity contribution in [3.05, 3.63) is 222 Å². The molecule has 48 heavy (non-hydrogen) atoms. The lowest BCUT2D eigenvalue weighted by Gasteiger charge is -2.21. The van der Waals surface area contributed by atoms with Crippen molar-refractivity contribution >= 4 is 0 Å². The highest BCUT2D eigenvalue weighted by Crippen LogP contribution is 2.36. The topological polar surface area (TPSA) is 12.9 Å². The zero-order valence-corrected chi connectivity index (χ0v) is 26.8. The molecule has 1 heteroatoms. The molecule has 16 bridgehead atoms. The van der Waals surface area contributed by atoms with Crippen LogP contribution >= 0.6 is 0 Å². The van der Waals surface area contributed by atoms with Crippen molar-refractivity contribution in [3.8, 4) is 22.5 Å². The first-order valence-electron chi connectivity index (χ1n) is 17.2. The summed E-state index contributed by atoms with van der Waals surface area (Å²) in [5, 5.41) is 0. The number of hydrogen-bond acceptors (Lipinski definition) is 1. The number of allylic oxidation sites excluding steroid dienone is 12. The van der Waals surface area contributed by atoms with Crippen LogP contribution in [0.1, 0.15) is 68.9 Å². The highest BCUT2D eigenvalue weighted by atomic mass is 14.7. The number of hydrogen-bond donors (Lipinski definition) is 0. The van der Waals surface area contributed by atoms with E-state index in [0.29, 0.717) is 23.7 Å². The lowest BCUT2D eigenvalue weighted by atomic mass is 9.84. The smallest absolute Gasteiger partial charge is 0.0709 e. The average Bonchev–Trinajstić information content (AvgIpc) is 3.18. The molecule has 1 aromatic heterocycles. The zero-order chi connectivity index (χ0) is 31.9. The van der Waals surface area contributed by atoms with Crippen LogP contribution in [0.3, 0.4) is 0 Å². The SMILES string of the molecule is C1=CC2C=CC1c1ccc(cc1)-c1cccc(n1)-c1ccc(cc1)[C@H]1C=CC(C=C1)c1ccc(cc1)[C@H]1C=C[C@H](C=C1)c1ccc2cc1. The number of nitrogens with zero attached hydrogens (tertiary/aromatic N) is 1. The molecule has 0 saturated carbocycles. The third kappa shape index (κ3) is 5.56. The highest BCUT2D eigenvalue weighted by Gasteiger charge is 2.18. The molecule has 0 unspecified atom stereocenters. The Hall–Kier alpha value is -5.53. The maximum Gasteiger partial charge on any atom is 0.0709 e. The van der Waals surface area contributed by atoms with E-state index in [1.807, 2.05) is 0 Å². The molecule has 0 radical (unpaired) electrons. The molecule has 3 aliphatic carbocycles. The Kier molecular flexibility index (Phi) is 7.32. The first kappa shape index (κ1) is 28.7. The molecular formula is C47H37N. The van der Waals surface area contributed by atoms with E-state index in [4.69, 9.17) is 4.98 Å². The quantitative estimate of drug-likeness (QED) is 0.158. The maximum atomic E-state index is 5.06. The number of rotatable bonds is 0. The predicted octanol–water partition coefficient (Wildman–Crippen LogP) is 11.7. The van der Waals surface area contributed by atoms with Crippen molar-refractivity contribution in [1.82, 2.24) is 4.98 Å². The van der Waals surface area contributed by atoms with E-state index < -0.39 is 0 Å². The normalized spacial score (nSPS) is 24.6. The van der Waals surface area contributed by atoms with E-state index in [1.54, 1.807) is 0 Å². The molecule has 21 aliphatic rings. The van der Waals surface area contributed by atoms with Crippen LogP contribution in [0.5, 0.6) is 0 Å². The van der Waals surface area contributed by atoms with Gasteiger partial charge < -0.3 is 0 Å². The van der Waals surface area contributed by atoms with Crippen LogP contribution in [0, 0.1) is 0 Å². The molecule has 0 fully saturated rings. The Bertz CT molecular complexity index is 1930. The molecular weight excluding hydrogens is 579 g/mol. The fourth-order valence-electron chi connectivity index (χ4n) is 7.54. The van der Waals surface area contributed by atoms with Crippen molar-refractivity contribution in [1.29, 1.82) is 0 Å². The highest BCUT2D eigenvalue weighted by molar-refractivity contribution is 5.67. The fourth-order valence-corrected chi connectivity index (χ4v) is 7.54. The molecule has 5 aromatic rings. The number of aromatic nitrogens is 1. The van der Waals surface area contributed by atoms with Gasteiger partial charge in [-0.15, -0.1) is 0 Å². The van der Waals surface area contributed by atoms with Gasteiger partial charge in [0.15, 0.2) is 0 Å². The largest absolute Gasteiger partial charge is 0.248 e. The van der Waals surface area contributed by atoms with Gasteiger partial charge in [0.25, 0.3) is 0 Å². The summed E-state index contributed by atoms with van der Waals surface area (Å²) in [5.41, 5.74) is 12.2. The monoisotopic (exact) mass is 615 g/mol. The van der Waals surface area contributed by atoms with Gasteiger partial charge in [-0.3, -0.25) is 0 Å². The molecule has 4 aromatic carbocycles. The maximum absolute atomic E-state index is 5.06. The number of pyridine rings is 1. The molecule has 0 N–H and O–H groups in total. The Labute approximate surface area is 283 Å². The van der Waals surface area contributed by atoms with Crippen molar-refractivity contribution < 1.29 is 0 Å². The molecule has 18 aliphatic heterocycles. The van der Waals surface area contributed by atoms with Crippen LogP contribution in [0.4, 0.5) is 0 Å². The molecule has 0 amide bonds. The Morgan fingerprint density at radius 3 is 0.688 bits per heavy atom. The molecule has 0 saturated heterocycles. The predicted molar refractivity (Wildman–Crippen MR) is 199 cm³/mol. The Morgan fingerprint density at radius 1 is 0.250 bits per heavy atom. The molecule has 1 nitrogen and oxygen atoms in total. The summed E-state index contributed by atoms with van der Waals surface area (Å²) in [6.07, 6.45) is 28.2. The standard InChI is InChI=1S/C47H37N/c1-2-46-44-28-24-42(25-29-44)40-20-16-38(17-21-40)36-12-8-34(9-13-36)32-4-6-33(7-5-32)35-10-14-37(15-11-35)39-18-22-41(23-19-39)43-26-30-45(31-27-43)47(3-1)48-46/h1-33,38-41H/t32-,33+,38?,39?,40-,41?. The first-order chi connectivity index (χ1) is 23.7. The van der Waals surface area contributed by atoms with Crippen LogP contribution in [-0.2, 0) is 0 Å². The van der Waals surface area contributed by atoms with Gasteiger partial charge in [0, 0.05) is 46.6 Å². The van der Waals surface area contributed by atoms with Crippen molar-refractivity contribution in [2.24, 2.45) is 0 Å². The second-order valence-electron chi connectivity index (χ2n) is 13.4. The Morgan fingerprint density at radius 2 is 0.458 bits per heavy atom. The third-order valence-corrected chi connectivity index (χ3v) is 10.5. The lowest BCUT2D eigenvalue weighted by molar-refractivity contribution is 0.945. The van der Waals surface area contributed by atoms with E-state index in [0.717, 1.165) is 22.5 Å². The summed E-state index contributed by atoms with van der Waals surface area (Å²) in [4.78, 5) is 5.06. The molecule has 0 atom stereocenters. The van der Waals surface area contributed by atoms with Crippen LogP contribution in [-0.4, -0.2) is 4.98 Å². The van der Waals surface area contributed by atoms with Gasteiger partial charge in [-0.05, 0) is 45.5 Å². The fraction of sp³-hybridized carbons (Fsp3) is 0.128. The summed E-state index contributed by atoms with van der Waals surface area (Å²) in [5.74, 6) is 1.76. The van der Waals surface area contributed by atoms with E-state index in [1.165, 1.54) is 33.4 Å². The first-order valence-corrected chi connectivity index (χ1v) is 17.2. The van der Waals surface area contributed by atoms with Gasteiger partial charge in [0.05, 0.1) is 11.4 Å². The molecule has 26 rings (SSSR count). The summed E-state index contributed by atoms with van der Waals surface area (Å²) >= 11 is 0. The number of benzene rings is 4. The summed E-state index contributed by atoms with van der Waals surface area (Å²) < 4.78 is 0. The summed E-state index contributed by atoms with van der Waals surface area (Å²) in [6, 6.07) is 42.5. The van der Waals surface area contributed by atoms with Crippen molar-refractivity contribution in [3.63, 3.8) is 0 Å². The van der Waals surface area contributed by atoms with Gasteiger partial charge in [0.2, 0.25) is 0 Å². The Balaban J connectivity index is 1.04. The van der Waals surface area contributed by atoms with Gasteiger partial charge in [-0.1, -0.05) is 176 Å². The van der Waals surface area contributed by atoms with Gasteiger partial charge in [-0.25, -0.2) is 4.98 Å². The lowest BCUT2D eigenvalue weighted by Crippen LogP contribution is -2.03. The van der Waals surface area contributed by atoms with Crippen LogP contribution < -0.4 is 0 Å². The van der Waals surface area contributed by atoms with Gasteiger partial charge >= 0.3 is 0 Å². The second-order valence-corrected chi connectivity index (χ2v) is 13.4. The van der Waals surface area contributed by atoms with E-state index in [9.17, 15) is 0 Å². The van der Waals surface area contributed by atoms with Crippen molar-refractivity contribution in [2.45, 2.75) is 35.5 Å². The minimum atomic E-state index is 0.276. The van der Waals surface area contributed by atoms with Crippen LogP contribution in [0.2, 0.25) is 0 Å². The van der Waals surface area contributed by atoms with Gasteiger partial charge in [0.1, 0.15) is 0 Å². The van der Waals surface area contributed by atoms with E-state index in [2.05, 4.69) is 188 Å². The summed E-state index contributed by atoms with van der Waals surface area (Å²) in [6.45, 7) is 0. The van der Waals surface area contributed by atoms with E-state index in [-0.39, 0.29) is 11.8 Å². The van der Waals surface area contributed by atoms with Crippen molar-refractivity contribution in [2.75, 3.05) is 0 Å². The second kappa shape index (κ2) is 12.2. The average molecular weight is 616 g/mol. The zero-order valence-electron chi connectivity index (χ0n) is 26.8. The van der Waals surface area contributed by atoms with E-state index >= 15 is 0 Å². The minimum Gasteiger partial charge on any atom is -0.248 e.